The molecule has 1 aromatic carbocycles. The van der Waals surface area contributed by atoms with Crippen molar-refractivity contribution in [1.82, 2.24) is 10.3 Å². The van der Waals surface area contributed by atoms with Gasteiger partial charge in [0, 0.05) is 17.6 Å². The Kier molecular flexibility index (Phi) is 5.01. The fourth-order valence-corrected chi connectivity index (χ4v) is 3.13. The van der Waals surface area contributed by atoms with E-state index < -0.39 is 0 Å². The van der Waals surface area contributed by atoms with E-state index in [1.54, 1.807) is 18.4 Å². The molecule has 4 nitrogen and oxygen atoms in total. The van der Waals surface area contributed by atoms with Gasteiger partial charge in [0.1, 0.15) is 5.01 Å². The summed E-state index contributed by atoms with van der Waals surface area (Å²) in [7, 11) is 1.54. The average molecular weight is 357 g/mol. The van der Waals surface area contributed by atoms with Crippen molar-refractivity contribution in [2.75, 3.05) is 7.11 Å². The summed E-state index contributed by atoms with van der Waals surface area (Å²) in [6.45, 7) is 4.76. The van der Waals surface area contributed by atoms with Crippen LogP contribution in [0.1, 0.15) is 29.2 Å². The van der Waals surface area contributed by atoms with E-state index in [9.17, 15) is 5.11 Å². The van der Waals surface area contributed by atoms with Gasteiger partial charge in [-0.15, -0.1) is 11.3 Å². The van der Waals surface area contributed by atoms with Crippen molar-refractivity contribution in [3.05, 3.63) is 38.3 Å². The molecule has 0 fully saturated rings. The summed E-state index contributed by atoms with van der Waals surface area (Å²) >= 11 is 4.98. The van der Waals surface area contributed by atoms with Crippen molar-refractivity contribution >= 4 is 27.3 Å². The smallest absolute Gasteiger partial charge is 0.172 e. The first-order valence-corrected chi connectivity index (χ1v) is 7.89. The van der Waals surface area contributed by atoms with E-state index in [0.717, 1.165) is 16.3 Å². The highest BCUT2D eigenvalue weighted by atomic mass is 79.9. The lowest BCUT2D eigenvalue weighted by Gasteiger charge is -2.13. The molecule has 0 saturated carbocycles. The number of thiazole rings is 1. The van der Waals surface area contributed by atoms with E-state index in [1.807, 2.05) is 24.4 Å². The number of nitrogens with zero attached hydrogens (tertiary/aromatic N) is 1. The van der Waals surface area contributed by atoms with Crippen molar-refractivity contribution in [2.24, 2.45) is 0 Å². The summed E-state index contributed by atoms with van der Waals surface area (Å²) in [5, 5.41) is 16.3. The topological polar surface area (TPSA) is 54.4 Å². The number of aromatic nitrogens is 1. The summed E-state index contributed by atoms with van der Waals surface area (Å²) in [5.74, 6) is 0.591. The van der Waals surface area contributed by atoms with E-state index in [-0.39, 0.29) is 11.8 Å². The average Bonchev–Trinajstić information content (AvgIpc) is 2.86. The Bertz CT molecular complexity index is 601. The molecule has 1 atom stereocenters. The zero-order chi connectivity index (χ0) is 14.7. The Morgan fingerprint density at radius 2 is 2.25 bits per heavy atom. The minimum Gasteiger partial charge on any atom is -0.503 e. The zero-order valence-electron chi connectivity index (χ0n) is 11.6. The van der Waals surface area contributed by atoms with E-state index in [1.165, 1.54) is 0 Å². The molecule has 0 spiro atoms. The molecule has 0 radical (unpaired) electrons. The molecular formula is C14H17BrN2O2S. The van der Waals surface area contributed by atoms with Gasteiger partial charge in [-0.3, -0.25) is 0 Å². The standard InChI is InChI=1S/C14H17BrN2O2S/c1-8-7-20-14(17-8)9(2)16-6-10-4-11(15)13(18)12(5-10)19-3/h4-5,7,9,16,18H,6H2,1-3H3. The lowest BCUT2D eigenvalue weighted by atomic mass is 10.2. The van der Waals surface area contributed by atoms with Crippen molar-refractivity contribution in [1.29, 1.82) is 0 Å². The van der Waals surface area contributed by atoms with Gasteiger partial charge in [-0.05, 0) is 47.5 Å². The molecule has 20 heavy (non-hydrogen) atoms. The molecule has 0 aliphatic heterocycles. The molecule has 0 aliphatic carbocycles. The van der Waals surface area contributed by atoms with Gasteiger partial charge >= 0.3 is 0 Å². The first-order chi connectivity index (χ1) is 9.51. The quantitative estimate of drug-likeness (QED) is 0.855. The van der Waals surface area contributed by atoms with Crippen LogP contribution in [0.3, 0.4) is 0 Å². The highest BCUT2D eigenvalue weighted by molar-refractivity contribution is 9.10. The fourth-order valence-electron chi connectivity index (χ4n) is 1.81. The number of halogens is 1. The molecule has 1 aromatic heterocycles. The molecule has 6 heteroatoms. The van der Waals surface area contributed by atoms with Crippen LogP contribution in [-0.4, -0.2) is 17.2 Å². The van der Waals surface area contributed by atoms with E-state index in [2.05, 4.69) is 33.2 Å². The molecule has 108 valence electrons. The van der Waals surface area contributed by atoms with E-state index in [0.29, 0.717) is 16.8 Å². The summed E-state index contributed by atoms with van der Waals surface area (Å²) in [5.41, 5.74) is 2.08. The maximum atomic E-state index is 9.78. The SMILES string of the molecule is COc1cc(CNC(C)c2nc(C)cs2)cc(Br)c1O. The van der Waals surface area contributed by atoms with Gasteiger partial charge in [0.15, 0.2) is 11.5 Å². The minimum atomic E-state index is 0.125. The van der Waals surface area contributed by atoms with E-state index >= 15 is 0 Å². The van der Waals surface area contributed by atoms with Crippen LogP contribution >= 0.6 is 27.3 Å². The molecule has 2 N–H and O–H groups in total. The fraction of sp³-hybridized carbons (Fsp3) is 0.357. The largest absolute Gasteiger partial charge is 0.503 e. The van der Waals surface area contributed by atoms with Crippen LogP contribution in [0.25, 0.3) is 0 Å². The zero-order valence-corrected chi connectivity index (χ0v) is 14.0. The molecule has 0 saturated heterocycles. The van der Waals surface area contributed by atoms with E-state index in [4.69, 9.17) is 4.74 Å². The number of methoxy groups -OCH3 is 1. The van der Waals surface area contributed by atoms with Gasteiger partial charge in [-0.1, -0.05) is 0 Å². The normalized spacial score (nSPS) is 12.4. The second-order valence-corrected chi connectivity index (χ2v) is 6.30. The predicted octanol–water partition coefficient (Wildman–Crippen LogP) is 3.78. The molecular weight excluding hydrogens is 340 g/mol. The van der Waals surface area contributed by atoms with Gasteiger partial charge in [0.05, 0.1) is 17.6 Å². The first-order valence-electron chi connectivity index (χ1n) is 6.22. The van der Waals surface area contributed by atoms with Crippen LogP contribution < -0.4 is 10.1 Å². The second-order valence-electron chi connectivity index (χ2n) is 4.56. The summed E-state index contributed by atoms with van der Waals surface area (Å²) in [6.07, 6.45) is 0. The van der Waals surface area contributed by atoms with Crippen LogP contribution in [0, 0.1) is 6.92 Å². The molecule has 1 unspecified atom stereocenters. The Balaban J connectivity index is 2.05. The molecule has 0 bridgehead atoms. The first kappa shape index (κ1) is 15.3. The monoisotopic (exact) mass is 356 g/mol. The van der Waals surface area contributed by atoms with Gasteiger partial charge < -0.3 is 15.2 Å². The summed E-state index contributed by atoms with van der Waals surface area (Å²) in [6, 6.07) is 3.89. The summed E-state index contributed by atoms with van der Waals surface area (Å²) < 4.78 is 5.77. The Morgan fingerprint density at radius 3 is 2.85 bits per heavy atom. The van der Waals surface area contributed by atoms with Gasteiger partial charge in [0.25, 0.3) is 0 Å². The second kappa shape index (κ2) is 6.56. The van der Waals surface area contributed by atoms with Gasteiger partial charge in [-0.25, -0.2) is 4.98 Å². The highest BCUT2D eigenvalue weighted by Crippen LogP contribution is 2.35. The maximum Gasteiger partial charge on any atom is 0.172 e. The number of phenols is 1. The van der Waals surface area contributed by atoms with Crippen LogP contribution in [0.2, 0.25) is 0 Å². The number of nitrogens with one attached hydrogen (secondary N) is 1. The third-order valence-corrected chi connectivity index (χ3v) is 4.68. The Hall–Kier alpha value is -1.11. The number of phenolic OH excluding ortho intramolecular Hbond substituents is 1. The highest BCUT2D eigenvalue weighted by Gasteiger charge is 2.11. The third kappa shape index (κ3) is 3.50. The number of hydrogen-bond donors (Lipinski definition) is 2. The van der Waals surface area contributed by atoms with Crippen LogP contribution in [0.15, 0.2) is 22.0 Å². The van der Waals surface area contributed by atoms with Crippen LogP contribution in [0.5, 0.6) is 11.5 Å². The molecule has 1 heterocycles. The van der Waals surface area contributed by atoms with Crippen molar-refractivity contribution in [3.8, 4) is 11.5 Å². The molecule has 2 aromatic rings. The lowest BCUT2D eigenvalue weighted by molar-refractivity contribution is 0.371. The number of rotatable bonds is 5. The minimum absolute atomic E-state index is 0.125. The molecule has 2 rings (SSSR count). The van der Waals surface area contributed by atoms with Crippen molar-refractivity contribution < 1.29 is 9.84 Å². The number of ether oxygens (including phenoxy) is 1. The van der Waals surface area contributed by atoms with Crippen molar-refractivity contribution in [3.63, 3.8) is 0 Å². The number of hydrogen-bond acceptors (Lipinski definition) is 5. The maximum absolute atomic E-state index is 9.78. The Labute approximate surface area is 130 Å². The number of aryl methyl sites for hydroxylation is 1. The van der Waals surface area contributed by atoms with Gasteiger partial charge in [-0.2, -0.15) is 0 Å². The molecule has 0 amide bonds. The lowest BCUT2D eigenvalue weighted by Crippen LogP contribution is -2.18. The third-order valence-electron chi connectivity index (χ3n) is 2.93. The van der Waals surface area contributed by atoms with Crippen LogP contribution in [0.4, 0.5) is 0 Å². The summed E-state index contributed by atoms with van der Waals surface area (Å²) in [4.78, 5) is 4.47. The van der Waals surface area contributed by atoms with Gasteiger partial charge in [0.2, 0.25) is 0 Å². The number of aromatic hydroxyl groups is 1. The van der Waals surface area contributed by atoms with Crippen LogP contribution in [-0.2, 0) is 6.54 Å². The predicted molar refractivity (Wildman–Crippen MR) is 84.5 cm³/mol. The number of benzene rings is 1. The Morgan fingerprint density at radius 1 is 1.50 bits per heavy atom. The van der Waals surface area contributed by atoms with Crippen molar-refractivity contribution in [2.45, 2.75) is 26.4 Å². The molecule has 0 aliphatic rings.